The lowest BCUT2D eigenvalue weighted by Gasteiger charge is -2.17. The normalized spacial score (nSPS) is 16.3. The molecule has 1 aliphatic carbocycles. The maximum Gasteiger partial charge on any atom is 0.252 e. The number of carbonyl (C=O) groups is 2. The van der Waals surface area contributed by atoms with E-state index < -0.39 is 5.91 Å². The van der Waals surface area contributed by atoms with E-state index in [9.17, 15) is 9.59 Å². The van der Waals surface area contributed by atoms with E-state index in [2.05, 4.69) is 16.5 Å². The van der Waals surface area contributed by atoms with Crippen LogP contribution in [0.1, 0.15) is 41.4 Å². The first kappa shape index (κ1) is 20.7. The molecule has 3 rings (SSSR count). The number of primary amides is 1. The Morgan fingerprint density at radius 1 is 1.44 bits per heavy atom. The smallest absolute Gasteiger partial charge is 0.252 e. The molecule has 2 heterocycles. The summed E-state index contributed by atoms with van der Waals surface area (Å²) in [7, 11) is 1.80. The van der Waals surface area contributed by atoms with Crippen LogP contribution in [0.3, 0.4) is 0 Å². The van der Waals surface area contributed by atoms with Crippen LogP contribution in [0, 0.1) is 5.92 Å². The van der Waals surface area contributed by atoms with Crippen molar-refractivity contribution in [2.75, 3.05) is 19.0 Å². The lowest BCUT2D eigenvalue weighted by atomic mass is 10.1. The number of rotatable bonds is 7. The van der Waals surface area contributed by atoms with Crippen molar-refractivity contribution in [3.63, 3.8) is 0 Å². The third-order valence-corrected chi connectivity index (χ3v) is 4.62. The molecule has 1 aliphatic heterocycles. The highest BCUT2D eigenvalue weighted by Gasteiger charge is 2.27. The zero-order valence-electron chi connectivity index (χ0n) is 16.2. The van der Waals surface area contributed by atoms with Gasteiger partial charge in [0.15, 0.2) is 0 Å². The molecular weight excluding hydrogens is 342 g/mol. The Kier molecular flexibility index (Phi) is 7.61. The molecule has 0 atom stereocenters. The number of nitrogens with one attached hydrogen (secondary N) is 1. The SMILES string of the molecule is C=C/C(=C\C=C/C)Cn1c2c(c(C(N)=O)c1NC)CCOC2.O=CC1CC1. The molecule has 3 N–H and O–H groups in total. The summed E-state index contributed by atoms with van der Waals surface area (Å²) in [5, 5.41) is 3.12. The van der Waals surface area contributed by atoms with E-state index in [0.29, 0.717) is 37.7 Å². The van der Waals surface area contributed by atoms with E-state index in [0.717, 1.165) is 41.8 Å². The Morgan fingerprint density at radius 2 is 2.19 bits per heavy atom. The molecule has 27 heavy (non-hydrogen) atoms. The molecule has 2 aliphatic rings. The molecule has 1 fully saturated rings. The molecular formula is C21H29N3O3. The monoisotopic (exact) mass is 371 g/mol. The van der Waals surface area contributed by atoms with Crippen LogP contribution in [0.2, 0.25) is 0 Å². The number of hydrogen-bond acceptors (Lipinski definition) is 4. The number of aromatic nitrogens is 1. The summed E-state index contributed by atoms with van der Waals surface area (Å²) >= 11 is 0. The Balaban J connectivity index is 0.000000451. The van der Waals surface area contributed by atoms with Gasteiger partial charge in [-0.15, -0.1) is 0 Å². The highest BCUT2D eigenvalue weighted by molar-refractivity contribution is 6.00. The third kappa shape index (κ3) is 5.20. The number of hydrogen-bond donors (Lipinski definition) is 2. The molecule has 1 saturated carbocycles. The highest BCUT2D eigenvalue weighted by atomic mass is 16.5. The second-order valence-electron chi connectivity index (χ2n) is 6.60. The summed E-state index contributed by atoms with van der Waals surface area (Å²) in [6.07, 6.45) is 11.8. The molecule has 0 aromatic carbocycles. The summed E-state index contributed by atoms with van der Waals surface area (Å²) in [4.78, 5) is 21.4. The quantitative estimate of drug-likeness (QED) is 0.570. The molecule has 146 valence electrons. The van der Waals surface area contributed by atoms with Crippen LogP contribution in [0.25, 0.3) is 0 Å². The number of anilines is 1. The predicted molar refractivity (Wildman–Crippen MR) is 108 cm³/mol. The summed E-state index contributed by atoms with van der Waals surface area (Å²) < 4.78 is 7.63. The van der Waals surface area contributed by atoms with Gasteiger partial charge in [0.25, 0.3) is 5.91 Å². The number of allylic oxidation sites excluding steroid dienone is 5. The molecule has 0 radical (unpaired) electrons. The number of nitrogens with two attached hydrogens (primary N) is 1. The van der Waals surface area contributed by atoms with Crippen molar-refractivity contribution in [1.29, 1.82) is 0 Å². The standard InChI is InChI=1S/C17H23N3O2.C4H6O/c1-4-6-7-12(5-2)10-20-14-11-22-9-8-13(14)15(16(18)21)17(20)19-3;5-3-4-1-2-4/h4-7,19H,2,8-11H2,1,3H3,(H2,18,21);3-4H,1-2H2/b6-4-,12-7+;. The van der Waals surface area contributed by atoms with Gasteiger partial charge in [0, 0.05) is 25.2 Å². The maximum atomic E-state index is 11.9. The average molecular weight is 371 g/mol. The zero-order valence-corrected chi connectivity index (χ0v) is 16.2. The molecule has 6 heteroatoms. The largest absolute Gasteiger partial charge is 0.375 e. The van der Waals surface area contributed by atoms with E-state index in [1.165, 1.54) is 0 Å². The highest BCUT2D eigenvalue weighted by Crippen LogP contribution is 2.31. The van der Waals surface area contributed by atoms with E-state index in [1.54, 1.807) is 7.05 Å². The first-order valence-electron chi connectivity index (χ1n) is 9.26. The van der Waals surface area contributed by atoms with E-state index in [1.807, 2.05) is 31.2 Å². The average Bonchev–Trinajstić information content (AvgIpc) is 3.47. The zero-order chi connectivity index (χ0) is 19.8. The molecule has 0 bridgehead atoms. The fourth-order valence-corrected chi connectivity index (χ4v) is 3.02. The number of amides is 1. The Morgan fingerprint density at radius 3 is 2.67 bits per heavy atom. The van der Waals surface area contributed by atoms with Crippen molar-refractivity contribution >= 4 is 18.0 Å². The van der Waals surface area contributed by atoms with Crippen LogP contribution in [-0.4, -0.2) is 30.4 Å². The second-order valence-corrected chi connectivity index (χ2v) is 6.60. The summed E-state index contributed by atoms with van der Waals surface area (Å²) in [6.45, 7) is 7.55. The molecule has 1 aromatic heterocycles. The lowest BCUT2D eigenvalue weighted by Crippen LogP contribution is -2.17. The predicted octanol–water partition coefficient (Wildman–Crippen LogP) is 2.99. The molecule has 0 saturated heterocycles. The van der Waals surface area contributed by atoms with Crippen LogP contribution >= 0.6 is 0 Å². The molecule has 6 nitrogen and oxygen atoms in total. The first-order chi connectivity index (χ1) is 13.1. The number of nitrogens with zero attached hydrogens (tertiary/aromatic N) is 1. The Hall–Kier alpha value is -2.60. The summed E-state index contributed by atoms with van der Waals surface area (Å²) in [5.41, 5.74) is 9.23. The number of fused-ring (bicyclic) bond motifs is 1. The van der Waals surface area contributed by atoms with E-state index in [-0.39, 0.29) is 0 Å². The van der Waals surface area contributed by atoms with Gasteiger partial charge < -0.3 is 25.1 Å². The Bertz CT molecular complexity index is 755. The van der Waals surface area contributed by atoms with Crippen molar-refractivity contribution in [3.8, 4) is 0 Å². The minimum absolute atomic E-state index is 0.404. The fourth-order valence-electron chi connectivity index (χ4n) is 3.02. The maximum absolute atomic E-state index is 11.9. The van der Waals surface area contributed by atoms with Gasteiger partial charge in [-0.2, -0.15) is 0 Å². The van der Waals surface area contributed by atoms with Gasteiger partial charge in [-0.3, -0.25) is 4.79 Å². The van der Waals surface area contributed by atoms with Crippen LogP contribution in [0.5, 0.6) is 0 Å². The fraction of sp³-hybridized carbons (Fsp3) is 0.429. The van der Waals surface area contributed by atoms with Crippen molar-refractivity contribution in [2.24, 2.45) is 11.7 Å². The van der Waals surface area contributed by atoms with Gasteiger partial charge in [0.05, 0.1) is 18.8 Å². The molecule has 0 unspecified atom stereocenters. The first-order valence-corrected chi connectivity index (χ1v) is 9.26. The van der Waals surface area contributed by atoms with Gasteiger partial charge in [0.1, 0.15) is 12.1 Å². The number of aldehydes is 1. The minimum Gasteiger partial charge on any atom is -0.375 e. The van der Waals surface area contributed by atoms with Gasteiger partial charge in [0.2, 0.25) is 0 Å². The van der Waals surface area contributed by atoms with Crippen LogP contribution in [0.15, 0.2) is 36.5 Å². The van der Waals surface area contributed by atoms with Crippen LogP contribution < -0.4 is 11.1 Å². The minimum atomic E-state index is -0.404. The third-order valence-electron chi connectivity index (χ3n) is 4.62. The molecule has 0 spiro atoms. The van der Waals surface area contributed by atoms with Crippen molar-refractivity contribution in [3.05, 3.63) is 53.3 Å². The lowest BCUT2D eigenvalue weighted by molar-refractivity contribution is -0.108. The van der Waals surface area contributed by atoms with Gasteiger partial charge in [-0.05, 0) is 37.3 Å². The van der Waals surface area contributed by atoms with Crippen molar-refractivity contribution in [1.82, 2.24) is 4.57 Å². The number of ether oxygens (including phenoxy) is 1. The van der Waals surface area contributed by atoms with Crippen LogP contribution in [-0.2, 0) is 29.1 Å². The summed E-state index contributed by atoms with van der Waals surface area (Å²) in [6, 6.07) is 0. The van der Waals surface area contributed by atoms with Crippen molar-refractivity contribution < 1.29 is 14.3 Å². The van der Waals surface area contributed by atoms with E-state index >= 15 is 0 Å². The van der Waals surface area contributed by atoms with E-state index in [4.69, 9.17) is 10.5 Å². The van der Waals surface area contributed by atoms with Crippen molar-refractivity contribution in [2.45, 2.75) is 39.3 Å². The topological polar surface area (TPSA) is 86.3 Å². The number of carbonyl (C=O) groups excluding carboxylic acids is 2. The van der Waals surface area contributed by atoms with Gasteiger partial charge in [-0.1, -0.05) is 30.9 Å². The van der Waals surface area contributed by atoms with Gasteiger partial charge in [-0.25, -0.2) is 0 Å². The molecule has 1 aromatic rings. The summed E-state index contributed by atoms with van der Waals surface area (Å²) in [5.74, 6) is 0.796. The Labute approximate surface area is 160 Å². The second kappa shape index (κ2) is 9.92. The molecule has 1 amide bonds. The van der Waals surface area contributed by atoms with Gasteiger partial charge >= 0.3 is 0 Å². The van der Waals surface area contributed by atoms with Crippen LogP contribution in [0.4, 0.5) is 5.82 Å².